The Labute approximate surface area is 90.6 Å². The Morgan fingerprint density at radius 2 is 2.06 bits per heavy atom. The second kappa shape index (κ2) is 4.71. The number of allylic oxidation sites excluding steroid dienone is 1. The van der Waals surface area contributed by atoms with E-state index in [1.165, 1.54) is 25.3 Å². The average molecular weight is 227 g/mol. The van der Waals surface area contributed by atoms with Crippen LogP contribution in [0.5, 0.6) is 5.75 Å². The number of alkyl halides is 3. The predicted octanol–water partition coefficient (Wildman–Crippen LogP) is 3.25. The van der Waals surface area contributed by atoms with Gasteiger partial charge >= 0.3 is 6.18 Å². The second-order valence-corrected chi connectivity index (χ2v) is 2.92. The van der Waals surface area contributed by atoms with Crippen molar-refractivity contribution in [1.29, 1.82) is 5.26 Å². The van der Waals surface area contributed by atoms with Crippen LogP contribution in [0.2, 0.25) is 0 Å². The Bertz CT molecular complexity index is 444. The van der Waals surface area contributed by atoms with Crippen LogP contribution in [0.15, 0.2) is 24.3 Å². The van der Waals surface area contributed by atoms with Gasteiger partial charge in [0.1, 0.15) is 5.75 Å². The third-order valence-corrected chi connectivity index (χ3v) is 1.90. The van der Waals surface area contributed by atoms with Crippen molar-refractivity contribution in [2.24, 2.45) is 0 Å². The quantitative estimate of drug-likeness (QED) is 0.726. The zero-order valence-corrected chi connectivity index (χ0v) is 8.38. The highest BCUT2D eigenvalue weighted by atomic mass is 19.4. The summed E-state index contributed by atoms with van der Waals surface area (Å²) in [6.45, 7) is 0. The van der Waals surface area contributed by atoms with Crippen LogP contribution in [0.1, 0.15) is 11.1 Å². The number of rotatable bonds is 2. The van der Waals surface area contributed by atoms with Crippen molar-refractivity contribution in [2.45, 2.75) is 6.18 Å². The third kappa shape index (κ3) is 2.76. The summed E-state index contributed by atoms with van der Waals surface area (Å²) < 4.78 is 41.9. The van der Waals surface area contributed by atoms with Gasteiger partial charge in [-0.1, -0.05) is 6.07 Å². The van der Waals surface area contributed by atoms with Gasteiger partial charge < -0.3 is 4.74 Å². The normalized spacial score (nSPS) is 11.4. The van der Waals surface area contributed by atoms with Gasteiger partial charge in [0.15, 0.2) is 0 Å². The number of nitrogens with zero attached hydrogens (tertiary/aromatic N) is 1. The molecule has 0 aliphatic heterocycles. The summed E-state index contributed by atoms with van der Waals surface area (Å²) in [4.78, 5) is 0. The van der Waals surface area contributed by atoms with Crippen LogP contribution in [-0.2, 0) is 6.18 Å². The topological polar surface area (TPSA) is 33.0 Å². The molecule has 1 aromatic carbocycles. The fourth-order valence-corrected chi connectivity index (χ4v) is 1.15. The lowest BCUT2D eigenvalue weighted by atomic mass is 10.1. The number of hydrogen-bond donors (Lipinski definition) is 0. The molecule has 0 aromatic heterocycles. The fourth-order valence-electron chi connectivity index (χ4n) is 1.15. The molecule has 2 nitrogen and oxygen atoms in total. The van der Waals surface area contributed by atoms with Crippen LogP contribution in [0.25, 0.3) is 6.08 Å². The van der Waals surface area contributed by atoms with Crippen LogP contribution in [0.3, 0.4) is 0 Å². The average Bonchev–Trinajstić information content (AvgIpc) is 2.24. The predicted molar refractivity (Wildman–Crippen MR) is 52.6 cm³/mol. The Balaban J connectivity index is 3.18. The van der Waals surface area contributed by atoms with Gasteiger partial charge in [-0.15, -0.1) is 0 Å². The van der Waals surface area contributed by atoms with Gasteiger partial charge in [0.2, 0.25) is 0 Å². The monoisotopic (exact) mass is 227 g/mol. The summed E-state index contributed by atoms with van der Waals surface area (Å²) >= 11 is 0. The molecule has 0 aliphatic rings. The standard InChI is InChI=1S/C11H8F3NO/c1-16-10-7-9(11(12,13)14)5-4-8(10)3-2-6-15/h2-5,7H,1H3. The van der Waals surface area contributed by atoms with Crippen molar-refractivity contribution >= 4 is 6.08 Å². The first-order valence-corrected chi connectivity index (χ1v) is 4.30. The maximum Gasteiger partial charge on any atom is 0.416 e. The Morgan fingerprint density at radius 1 is 1.38 bits per heavy atom. The molecule has 16 heavy (non-hydrogen) atoms. The SMILES string of the molecule is COc1cc(C(F)(F)F)ccc1C=CC#N. The van der Waals surface area contributed by atoms with E-state index in [0.29, 0.717) is 5.56 Å². The lowest BCUT2D eigenvalue weighted by Gasteiger charge is -2.10. The molecule has 0 atom stereocenters. The number of hydrogen-bond acceptors (Lipinski definition) is 2. The molecule has 0 amide bonds. The second-order valence-electron chi connectivity index (χ2n) is 2.92. The zero-order valence-electron chi connectivity index (χ0n) is 8.38. The van der Waals surface area contributed by atoms with E-state index in [-0.39, 0.29) is 5.75 Å². The van der Waals surface area contributed by atoms with Crippen LogP contribution < -0.4 is 4.74 Å². The van der Waals surface area contributed by atoms with Gasteiger partial charge in [0.05, 0.1) is 18.7 Å². The maximum atomic E-state index is 12.4. The molecule has 1 rings (SSSR count). The van der Waals surface area contributed by atoms with E-state index in [4.69, 9.17) is 10.00 Å². The highest BCUT2D eigenvalue weighted by Gasteiger charge is 2.31. The van der Waals surface area contributed by atoms with Gasteiger partial charge in [-0.05, 0) is 18.2 Å². The molecule has 0 radical (unpaired) electrons. The maximum absolute atomic E-state index is 12.4. The van der Waals surface area contributed by atoms with E-state index in [0.717, 1.165) is 12.1 Å². The first-order chi connectivity index (χ1) is 7.49. The molecule has 0 heterocycles. The Hall–Kier alpha value is -1.96. The highest BCUT2D eigenvalue weighted by Crippen LogP contribution is 2.33. The molecule has 0 saturated heterocycles. The molecule has 0 spiro atoms. The summed E-state index contributed by atoms with van der Waals surface area (Å²) in [7, 11) is 1.28. The first-order valence-electron chi connectivity index (χ1n) is 4.30. The third-order valence-electron chi connectivity index (χ3n) is 1.90. The number of nitriles is 1. The van der Waals surface area contributed by atoms with Crippen LogP contribution in [0.4, 0.5) is 13.2 Å². The van der Waals surface area contributed by atoms with Crippen LogP contribution >= 0.6 is 0 Å². The molecule has 84 valence electrons. The van der Waals surface area contributed by atoms with E-state index >= 15 is 0 Å². The van der Waals surface area contributed by atoms with Crippen molar-refractivity contribution in [3.8, 4) is 11.8 Å². The summed E-state index contributed by atoms with van der Waals surface area (Å²) in [5.74, 6) is 0.0846. The molecule has 0 N–H and O–H groups in total. The van der Waals surface area contributed by atoms with E-state index in [1.54, 1.807) is 6.07 Å². The molecule has 0 saturated carbocycles. The molecule has 0 bridgehead atoms. The largest absolute Gasteiger partial charge is 0.496 e. The van der Waals surface area contributed by atoms with E-state index < -0.39 is 11.7 Å². The first kappa shape index (κ1) is 12.1. The summed E-state index contributed by atoms with van der Waals surface area (Å²) in [6.07, 6.45) is -1.84. The molecule has 0 unspecified atom stereocenters. The van der Waals surface area contributed by atoms with Gasteiger partial charge in [0.25, 0.3) is 0 Å². The lowest BCUT2D eigenvalue weighted by molar-refractivity contribution is -0.137. The van der Waals surface area contributed by atoms with Crippen molar-refractivity contribution in [3.63, 3.8) is 0 Å². The minimum absolute atomic E-state index is 0.0846. The van der Waals surface area contributed by atoms with Crippen molar-refractivity contribution in [3.05, 3.63) is 35.4 Å². The molecule has 1 aromatic rings. The molecule has 0 fully saturated rings. The fraction of sp³-hybridized carbons (Fsp3) is 0.182. The number of methoxy groups -OCH3 is 1. The van der Waals surface area contributed by atoms with E-state index in [9.17, 15) is 13.2 Å². The molecule has 0 aliphatic carbocycles. The summed E-state index contributed by atoms with van der Waals surface area (Å²) in [5.41, 5.74) is -0.351. The van der Waals surface area contributed by atoms with Crippen molar-refractivity contribution in [1.82, 2.24) is 0 Å². The smallest absolute Gasteiger partial charge is 0.416 e. The van der Waals surface area contributed by atoms with Crippen molar-refractivity contribution < 1.29 is 17.9 Å². The van der Waals surface area contributed by atoms with E-state index in [1.807, 2.05) is 0 Å². The highest BCUT2D eigenvalue weighted by molar-refractivity contribution is 5.60. The zero-order chi connectivity index (χ0) is 12.2. The van der Waals surface area contributed by atoms with Gasteiger partial charge in [0, 0.05) is 11.6 Å². The minimum Gasteiger partial charge on any atom is -0.496 e. The van der Waals surface area contributed by atoms with Gasteiger partial charge in [-0.25, -0.2) is 0 Å². The summed E-state index contributed by atoms with van der Waals surface area (Å²) in [6, 6.07) is 4.86. The Morgan fingerprint density at radius 3 is 2.56 bits per heavy atom. The lowest BCUT2D eigenvalue weighted by Crippen LogP contribution is -2.05. The van der Waals surface area contributed by atoms with Gasteiger partial charge in [-0.2, -0.15) is 18.4 Å². The van der Waals surface area contributed by atoms with E-state index in [2.05, 4.69) is 0 Å². The Kier molecular flexibility index (Phi) is 3.56. The molecular formula is C11H8F3NO. The number of halogens is 3. The number of benzene rings is 1. The van der Waals surface area contributed by atoms with Crippen LogP contribution in [-0.4, -0.2) is 7.11 Å². The van der Waals surface area contributed by atoms with Crippen LogP contribution in [0, 0.1) is 11.3 Å². The summed E-state index contributed by atoms with van der Waals surface area (Å²) in [5, 5.41) is 8.32. The minimum atomic E-state index is -4.40. The molecular weight excluding hydrogens is 219 g/mol. The number of ether oxygens (including phenoxy) is 1. The molecule has 5 heteroatoms. The van der Waals surface area contributed by atoms with Crippen molar-refractivity contribution in [2.75, 3.05) is 7.11 Å². The van der Waals surface area contributed by atoms with Gasteiger partial charge in [-0.3, -0.25) is 0 Å².